The largest absolute Gasteiger partial charge is 0.493 e. The van der Waals surface area contributed by atoms with Crippen LogP contribution in [0.25, 0.3) is 0 Å². The van der Waals surface area contributed by atoms with Crippen molar-refractivity contribution in [2.24, 2.45) is 0 Å². The maximum Gasteiger partial charge on any atom is 0.255 e. The van der Waals surface area contributed by atoms with Crippen LogP contribution in [0.15, 0.2) is 122 Å². The van der Waals surface area contributed by atoms with Gasteiger partial charge in [0.1, 0.15) is 5.54 Å². The molecule has 0 spiro atoms. The third-order valence-corrected chi connectivity index (χ3v) is 7.25. The lowest BCUT2D eigenvalue weighted by atomic mass is 9.77. The maximum atomic E-state index is 13.0. The first kappa shape index (κ1) is 27.7. The van der Waals surface area contributed by atoms with Gasteiger partial charge in [0.2, 0.25) is 0 Å². The van der Waals surface area contributed by atoms with E-state index < -0.39 is 17.6 Å². The fourth-order valence-electron chi connectivity index (χ4n) is 5.25. The van der Waals surface area contributed by atoms with E-state index in [1.54, 1.807) is 26.7 Å². The molecule has 7 heteroatoms. The number of hydrogen-bond acceptors (Lipinski definition) is 5. The molecule has 7 nitrogen and oxygen atoms in total. The molecule has 0 saturated heterocycles. The van der Waals surface area contributed by atoms with E-state index in [2.05, 4.69) is 46.7 Å². The number of carbonyl (C=O) groups is 1. The van der Waals surface area contributed by atoms with Crippen molar-refractivity contribution in [3.8, 4) is 11.5 Å². The molecule has 2 N–H and O–H groups in total. The van der Waals surface area contributed by atoms with E-state index in [-0.39, 0.29) is 5.69 Å². The summed E-state index contributed by atoms with van der Waals surface area (Å²) in [5, 5.41) is 13.8. The van der Waals surface area contributed by atoms with Gasteiger partial charge in [-0.2, -0.15) is 0 Å². The minimum absolute atomic E-state index is 0.265. The number of methoxy groups -OCH3 is 2. The number of aliphatic hydroxyl groups excluding tert-OH is 1. The lowest BCUT2D eigenvalue weighted by Gasteiger charge is -2.37. The highest BCUT2D eigenvalue weighted by molar-refractivity contribution is 5.81. The minimum Gasteiger partial charge on any atom is -0.493 e. The van der Waals surface area contributed by atoms with E-state index in [0.29, 0.717) is 24.5 Å². The first-order valence-corrected chi connectivity index (χ1v) is 13.5. The number of rotatable bonds is 11. The average Bonchev–Trinajstić information content (AvgIpc) is 3.53. The second-order valence-corrected chi connectivity index (χ2v) is 9.65. The second-order valence-electron chi connectivity index (χ2n) is 9.65. The molecular weight excluding hydrogens is 514 g/mol. The Balaban J connectivity index is 1.42. The Labute approximate surface area is 240 Å². The Kier molecular flexibility index (Phi) is 8.46. The van der Waals surface area contributed by atoms with Crippen molar-refractivity contribution < 1.29 is 19.4 Å². The summed E-state index contributed by atoms with van der Waals surface area (Å²) in [5.41, 5.74) is 3.53. The molecule has 41 heavy (non-hydrogen) atoms. The summed E-state index contributed by atoms with van der Waals surface area (Å²) >= 11 is 0. The zero-order valence-electron chi connectivity index (χ0n) is 23.1. The van der Waals surface area contributed by atoms with Crippen molar-refractivity contribution in [1.29, 1.82) is 0 Å². The molecular formula is C34H33N3O4. The molecule has 0 bridgehead atoms. The number of aromatic nitrogens is 2. The molecule has 0 aliphatic carbocycles. The first-order chi connectivity index (χ1) is 20.1. The fraction of sp³-hybridized carbons (Fsp3) is 0.176. The summed E-state index contributed by atoms with van der Waals surface area (Å²) < 4.78 is 12.6. The van der Waals surface area contributed by atoms with Crippen molar-refractivity contribution >= 4 is 5.91 Å². The molecule has 1 unspecified atom stereocenters. The number of benzene rings is 4. The number of amides is 1. The van der Waals surface area contributed by atoms with Crippen LogP contribution >= 0.6 is 0 Å². The highest BCUT2D eigenvalue weighted by Crippen LogP contribution is 2.41. The number of hydrogen-bond donors (Lipinski definition) is 2. The van der Waals surface area contributed by atoms with Crippen LogP contribution in [-0.2, 0) is 16.8 Å². The van der Waals surface area contributed by atoms with Gasteiger partial charge < -0.3 is 24.5 Å². The van der Waals surface area contributed by atoms with Gasteiger partial charge in [0.15, 0.2) is 17.6 Å². The van der Waals surface area contributed by atoms with Gasteiger partial charge in [0.05, 0.1) is 26.2 Å². The zero-order chi connectivity index (χ0) is 28.7. The van der Waals surface area contributed by atoms with Gasteiger partial charge in [-0.25, -0.2) is 4.98 Å². The predicted molar refractivity (Wildman–Crippen MR) is 158 cm³/mol. The van der Waals surface area contributed by atoms with E-state index in [1.165, 1.54) is 0 Å². The van der Waals surface area contributed by atoms with Gasteiger partial charge in [-0.1, -0.05) is 97.1 Å². The van der Waals surface area contributed by atoms with Crippen LogP contribution in [0, 0.1) is 0 Å². The molecule has 208 valence electrons. The molecule has 0 radical (unpaired) electrons. The van der Waals surface area contributed by atoms with Crippen LogP contribution in [-0.4, -0.2) is 41.3 Å². The number of carbonyl (C=O) groups excluding carboxylic acids is 1. The van der Waals surface area contributed by atoms with Crippen LogP contribution in [0.3, 0.4) is 0 Å². The lowest BCUT2D eigenvalue weighted by molar-refractivity contribution is -0.129. The molecule has 0 aliphatic rings. The van der Waals surface area contributed by atoms with E-state index in [9.17, 15) is 9.90 Å². The zero-order valence-corrected chi connectivity index (χ0v) is 23.1. The van der Waals surface area contributed by atoms with E-state index >= 15 is 0 Å². The van der Waals surface area contributed by atoms with Crippen molar-refractivity contribution in [2.75, 3.05) is 20.8 Å². The highest BCUT2D eigenvalue weighted by Gasteiger charge is 2.39. The second kappa shape index (κ2) is 12.5. The van der Waals surface area contributed by atoms with Gasteiger partial charge in [-0.3, -0.25) is 4.79 Å². The van der Waals surface area contributed by atoms with Crippen molar-refractivity contribution in [1.82, 2.24) is 14.9 Å². The van der Waals surface area contributed by atoms with E-state index in [4.69, 9.17) is 9.47 Å². The maximum absolute atomic E-state index is 13.0. The summed E-state index contributed by atoms with van der Waals surface area (Å²) in [7, 11) is 3.17. The SMILES string of the molecule is COc1ccc(CCNC(=O)C(O)c2cn(C(c3ccccc3)(c3ccccc3)c3ccccc3)cn2)cc1OC. The van der Waals surface area contributed by atoms with Crippen LogP contribution in [0.2, 0.25) is 0 Å². The number of imidazole rings is 1. The average molecular weight is 548 g/mol. The summed E-state index contributed by atoms with van der Waals surface area (Å²) in [4.78, 5) is 17.5. The third-order valence-electron chi connectivity index (χ3n) is 7.25. The Morgan fingerprint density at radius 3 is 1.88 bits per heavy atom. The molecule has 0 saturated carbocycles. The molecule has 1 aromatic heterocycles. The Hall–Kier alpha value is -4.88. The highest BCUT2D eigenvalue weighted by atomic mass is 16.5. The molecule has 5 aromatic rings. The fourth-order valence-corrected chi connectivity index (χ4v) is 5.25. The Morgan fingerprint density at radius 2 is 1.37 bits per heavy atom. The lowest BCUT2D eigenvalue weighted by Crippen LogP contribution is -2.37. The molecule has 4 aromatic carbocycles. The summed E-state index contributed by atoms with van der Waals surface area (Å²) in [6.45, 7) is 0.341. The van der Waals surface area contributed by atoms with Crippen LogP contribution in [0.4, 0.5) is 0 Å². The molecule has 1 amide bonds. The van der Waals surface area contributed by atoms with Crippen molar-refractivity contribution in [3.63, 3.8) is 0 Å². The summed E-state index contributed by atoms with van der Waals surface area (Å²) in [6, 6.07) is 36.1. The van der Waals surface area contributed by atoms with E-state index in [0.717, 1.165) is 22.3 Å². The van der Waals surface area contributed by atoms with Crippen LogP contribution < -0.4 is 14.8 Å². The molecule has 5 rings (SSSR count). The van der Waals surface area contributed by atoms with Gasteiger partial charge in [0, 0.05) is 12.7 Å². The molecule has 1 atom stereocenters. The van der Waals surface area contributed by atoms with Crippen molar-refractivity contribution in [2.45, 2.75) is 18.1 Å². The quantitative estimate of drug-likeness (QED) is 0.224. The minimum atomic E-state index is -1.43. The standard InChI is InChI=1S/C34H33N3O4/c1-40-30-19-18-25(22-31(30)41-2)20-21-35-33(39)32(38)29-23-37(24-36-29)34(26-12-6-3-7-13-26,27-14-8-4-9-15-27)28-16-10-5-11-17-28/h3-19,22-24,32,38H,20-21H2,1-2H3,(H,35,39). The van der Waals surface area contributed by atoms with Crippen LogP contribution in [0.5, 0.6) is 11.5 Å². The number of aliphatic hydroxyl groups is 1. The number of nitrogens with one attached hydrogen (secondary N) is 1. The van der Waals surface area contributed by atoms with Gasteiger partial charge in [0.25, 0.3) is 5.91 Å². The van der Waals surface area contributed by atoms with Gasteiger partial charge in [-0.15, -0.1) is 0 Å². The van der Waals surface area contributed by atoms with Gasteiger partial charge in [-0.05, 0) is 40.8 Å². The smallest absolute Gasteiger partial charge is 0.255 e. The number of nitrogens with zero attached hydrogens (tertiary/aromatic N) is 2. The normalized spacial score (nSPS) is 12.0. The third kappa shape index (κ3) is 5.58. The Bertz CT molecular complexity index is 1470. The first-order valence-electron chi connectivity index (χ1n) is 13.5. The molecule has 0 fully saturated rings. The summed E-state index contributed by atoms with van der Waals surface area (Å²) in [6.07, 6.45) is 2.57. The number of ether oxygens (including phenoxy) is 2. The molecule has 1 heterocycles. The Morgan fingerprint density at radius 1 is 0.829 bits per heavy atom. The van der Waals surface area contributed by atoms with Crippen LogP contribution in [0.1, 0.15) is 34.1 Å². The topological polar surface area (TPSA) is 85.6 Å². The van der Waals surface area contributed by atoms with Gasteiger partial charge >= 0.3 is 0 Å². The predicted octanol–water partition coefficient (Wildman–Crippen LogP) is 5.13. The summed E-state index contributed by atoms with van der Waals surface area (Å²) in [5.74, 6) is 0.755. The van der Waals surface area contributed by atoms with Crippen molar-refractivity contribution in [3.05, 3.63) is 150 Å². The monoisotopic (exact) mass is 547 g/mol. The van der Waals surface area contributed by atoms with E-state index in [1.807, 2.05) is 77.4 Å². The molecule has 0 aliphatic heterocycles.